The van der Waals surface area contributed by atoms with E-state index >= 15 is 4.39 Å². The maximum Gasteiger partial charge on any atom is 0.510 e. The predicted molar refractivity (Wildman–Crippen MR) is 230 cm³/mol. The third-order valence-electron chi connectivity index (χ3n) is 10.6. The fourth-order valence-corrected chi connectivity index (χ4v) is 8.15. The first-order valence-electron chi connectivity index (χ1n) is 20.4. The Morgan fingerprint density at radius 1 is 0.892 bits per heavy atom. The quantitative estimate of drug-likeness (QED) is 0.0194. The third kappa shape index (κ3) is 12.1. The largest absolute Gasteiger partial charge is 0.510 e. The number of nitrogens with zero attached hydrogens (tertiary/aromatic N) is 4. The van der Waals surface area contributed by atoms with Crippen molar-refractivity contribution in [1.82, 2.24) is 15.5 Å². The maximum atomic E-state index is 17.2. The second kappa shape index (κ2) is 21.8. The van der Waals surface area contributed by atoms with Crippen molar-refractivity contribution < 1.29 is 70.1 Å². The number of phosphoric acid groups is 1. The van der Waals surface area contributed by atoms with Crippen molar-refractivity contribution in [2.24, 2.45) is 11.0 Å². The van der Waals surface area contributed by atoms with Gasteiger partial charge in [0.25, 0.3) is 0 Å². The van der Waals surface area contributed by atoms with Crippen LogP contribution in [0.3, 0.4) is 0 Å². The summed E-state index contributed by atoms with van der Waals surface area (Å²) < 4.78 is 83.7. The molecule has 3 aromatic carbocycles. The average molecular weight is 929 g/mol. The number of carbonyl (C=O) groups is 3. The fraction of sp³-hybridized carbons (Fsp3) is 0.465. The molecule has 2 amide bonds. The van der Waals surface area contributed by atoms with Crippen LogP contribution in [0.1, 0.15) is 58.2 Å². The van der Waals surface area contributed by atoms with Crippen LogP contribution in [0.25, 0.3) is 10.4 Å². The number of halogens is 1. The molecule has 5 rings (SSSR count). The lowest BCUT2D eigenvalue weighted by Crippen LogP contribution is -2.61. The number of alkyl halides is 1. The summed E-state index contributed by atoms with van der Waals surface area (Å²) in [5.74, 6) is 0.0147. The van der Waals surface area contributed by atoms with Gasteiger partial charge in [-0.1, -0.05) is 66.6 Å². The zero-order chi connectivity index (χ0) is 47.4. The molecule has 1 unspecified atom stereocenters. The molecule has 0 aliphatic carbocycles. The van der Waals surface area contributed by atoms with E-state index in [1.54, 1.807) is 48.0 Å². The van der Waals surface area contributed by atoms with Gasteiger partial charge in [0, 0.05) is 17.0 Å². The Morgan fingerprint density at radius 3 is 1.86 bits per heavy atom. The van der Waals surface area contributed by atoms with Gasteiger partial charge in [-0.3, -0.25) is 14.7 Å². The molecule has 65 heavy (non-hydrogen) atoms. The van der Waals surface area contributed by atoms with E-state index in [9.17, 15) is 24.5 Å². The third-order valence-corrected chi connectivity index (χ3v) is 11.9. The monoisotopic (exact) mass is 928 g/mol. The molecule has 352 valence electrons. The Hall–Kier alpha value is -5.92. The number of hydrogen-bond acceptors (Lipinski definition) is 16. The summed E-state index contributed by atoms with van der Waals surface area (Å²) in [6, 6.07) is 23.8. The van der Waals surface area contributed by atoms with Gasteiger partial charge in [-0.15, -0.1) is 0 Å². The number of methoxy groups -OCH3 is 2. The molecule has 0 saturated carbocycles. The summed E-state index contributed by atoms with van der Waals surface area (Å²) >= 11 is 0. The molecule has 20 nitrogen and oxygen atoms in total. The highest BCUT2D eigenvalue weighted by molar-refractivity contribution is 7.48. The fourth-order valence-electron chi connectivity index (χ4n) is 7.18. The minimum atomic E-state index is -4.91. The lowest BCUT2D eigenvalue weighted by Gasteiger charge is -2.42. The first-order chi connectivity index (χ1) is 30.9. The van der Waals surface area contributed by atoms with E-state index in [1.807, 2.05) is 78.9 Å². The number of amides is 2. The molecule has 0 aromatic heterocycles. The lowest BCUT2D eigenvalue weighted by molar-refractivity contribution is -0.123. The van der Waals surface area contributed by atoms with Gasteiger partial charge < -0.3 is 38.5 Å². The van der Waals surface area contributed by atoms with Gasteiger partial charge in [-0.25, -0.2) is 32.4 Å². The number of carbonyl (C=O) groups excluding carboxylic acids is 3. The molecule has 22 heteroatoms. The highest BCUT2D eigenvalue weighted by atomic mass is 31.2. The summed E-state index contributed by atoms with van der Waals surface area (Å²) in [5, 5.41) is 10.2. The first kappa shape index (κ1) is 50.1. The average Bonchev–Trinajstić information content (AvgIpc) is 3.47. The van der Waals surface area contributed by atoms with Crippen LogP contribution in [0.4, 0.5) is 18.8 Å². The van der Waals surface area contributed by atoms with Crippen LogP contribution >= 0.6 is 7.82 Å². The molecule has 0 spiro atoms. The van der Waals surface area contributed by atoms with Crippen molar-refractivity contribution in [2.45, 2.75) is 83.0 Å². The second-order valence-electron chi connectivity index (χ2n) is 15.5. The van der Waals surface area contributed by atoms with Gasteiger partial charge in [0.05, 0.1) is 45.1 Å². The van der Waals surface area contributed by atoms with Crippen molar-refractivity contribution >= 4 is 26.2 Å². The van der Waals surface area contributed by atoms with Crippen molar-refractivity contribution in [3.05, 3.63) is 118 Å². The Balaban J connectivity index is 1.44. The van der Waals surface area contributed by atoms with Gasteiger partial charge in [0.2, 0.25) is 13.6 Å². The standard InChI is InChI=1S/C43H54FN6O14P/c1-28(2)62-39(52)57-26-60-65(54,61-27-58-40(53)63-29(3)4)59-25-42(24-46-49-45)30(5)41(6,44)37(64-42)50-23-22-36(47-38(50)51)48-43(31-12-10-9-11-13-31,32-14-18-34(55-7)19-15-32)33-16-20-35(56-8)21-17-33/h9-23,28-30,36-37,48H,24-27H2,1-8H3,(H,47,51)/t30-,36?,37+,41+,42+/m0/s1. The Bertz CT molecular complexity index is 2130. The van der Waals surface area contributed by atoms with Crippen LogP contribution < -0.4 is 20.1 Å². The predicted octanol–water partition coefficient (Wildman–Crippen LogP) is 8.42. The van der Waals surface area contributed by atoms with Gasteiger partial charge >= 0.3 is 26.2 Å². The first-order valence-corrected chi connectivity index (χ1v) is 21.9. The normalized spacial score (nSPS) is 21.9. The van der Waals surface area contributed by atoms with Crippen LogP contribution in [-0.2, 0) is 47.4 Å². The van der Waals surface area contributed by atoms with Crippen LogP contribution in [0.5, 0.6) is 11.5 Å². The molecule has 0 radical (unpaired) electrons. The van der Waals surface area contributed by atoms with Crippen molar-refractivity contribution in [2.75, 3.05) is 41.0 Å². The van der Waals surface area contributed by atoms with E-state index < -0.39 is 100 Å². The molecule has 2 heterocycles. The molecule has 2 N–H and O–H groups in total. The second-order valence-corrected chi connectivity index (χ2v) is 17.2. The molecular formula is C43H54FN6O14P. The zero-order valence-electron chi connectivity index (χ0n) is 37.2. The van der Waals surface area contributed by atoms with Gasteiger partial charge in [-0.05, 0) is 87.2 Å². The van der Waals surface area contributed by atoms with E-state index in [0.29, 0.717) is 11.5 Å². The molecular weight excluding hydrogens is 874 g/mol. The maximum absolute atomic E-state index is 17.2. The highest BCUT2D eigenvalue weighted by Gasteiger charge is 2.63. The molecule has 0 bridgehead atoms. The molecule has 2 aliphatic heterocycles. The number of rotatable bonds is 21. The number of azide groups is 1. The van der Waals surface area contributed by atoms with Crippen molar-refractivity contribution in [3.63, 3.8) is 0 Å². The summed E-state index contributed by atoms with van der Waals surface area (Å²) in [4.78, 5) is 42.0. The van der Waals surface area contributed by atoms with Gasteiger partial charge in [0.15, 0.2) is 11.9 Å². The molecule has 2 aliphatic rings. The molecule has 1 saturated heterocycles. The van der Waals surface area contributed by atoms with E-state index in [0.717, 1.165) is 21.6 Å². The van der Waals surface area contributed by atoms with E-state index in [2.05, 4.69) is 20.7 Å². The summed E-state index contributed by atoms with van der Waals surface area (Å²) in [6.45, 7) is 5.36. The van der Waals surface area contributed by atoms with Gasteiger partial charge in [-0.2, -0.15) is 0 Å². The number of benzene rings is 3. The summed E-state index contributed by atoms with van der Waals surface area (Å²) in [6.07, 6.45) is -3.05. The number of hydrogen-bond donors (Lipinski definition) is 2. The van der Waals surface area contributed by atoms with Crippen LogP contribution in [-0.4, -0.2) is 100 Å². The molecule has 1 fully saturated rings. The van der Waals surface area contributed by atoms with E-state index in [1.165, 1.54) is 20.0 Å². The minimum Gasteiger partial charge on any atom is -0.497 e. The highest BCUT2D eigenvalue weighted by Crippen LogP contribution is 2.54. The topological polar surface area (TPSA) is 237 Å². The minimum absolute atomic E-state index is 0.563. The number of phosphoric ester groups is 1. The molecule has 5 atom stereocenters. The lowest BCUT2D eigenvalue weighted by atomic mass is 9.76. The van der Waals surface area contributed by atoms with E-state index in [-0.39, 0.29) is 0 Å². The zero-order valence-corrected chi connectivity index (χ0v) is 38.1. The summed E-state index contributed by atoms with van der Waals surface area (Å²) in [7, 11) is -1.77. The number of nitrogens with one attached hydrogen (secondary N) is 2. The number of urea groups is 1. The van der Waals surface area contributed by atoms with E-state index in [4.69, 9.17) is 46.7 Å². The van der Waals surface area contributed by atoms with Gasteiger partial charge in [0.1, 0.15) is 23.3 Å². The summed E-state index contributed by atoms with van der Waals surface area (Å²) in [5.41, 5.74) is 6.34. The van der Waals surface area contributed by atoms with Crippen molar-refractivity contribution in [3.8, 4) is 11.5 Å². The smallest absolute Gasteiger partial charge is 0.497 e. The Labute approximate surface area is 375 Å². The molecule has 3 aromatic rings. The van der Waals surface area contributed by atoms with Crippen molar-refractivity contribution in [1.29, 1.82) is 0 Å². The van der Waals surface area contributed by atoms with Crippen LogP contribution in [0, 0.1) is 5.92 Å². The van der Waals surface area contributed by atoms with Crippen LogP contribution in [0.15, 0.2) is 96.3 Å². The van der Waals surface area contributed by atoms with Crippen LogP contribution in [0.2, 0.25) is 0 Å². The Morgan fingerprint density at radius 2 is 1.40 bits per heavy atom. The SMILES string of the molecule is COc1ccc(C(NC2C=CN([C@@H]3O[C@](CN=[N+]=[N-])(COP(=O)(OCOC(=O)OC(C)C)OCOC(=O)OC(C)C)[C@@H](C)[C@@]3(C)F)C(=O)N2)(c2ccccc2)c2ccc(OC)cc2)cc1. The number of ether oxygens (including phenoxy) is 7. The Kier molecular flexibility index (Phi) is 16.8.